The first-order chi connectivity index (χ1) is 11.5. The Morgan fingerprint density at radius 3 is 2.50 bits per heavy atom. The summed E-state index contributed by atoms with van der Waals surface area (Å²) in [5.74, 6) is -0.895. The second-order valence-corrected chi connectivity index (χ2v) is 5.63. The summed E-state index contributed by atoms with van der Waals surface area (Å²) in [5.41, 5.74) is 0.456. The van der Waals surface area contributed by atoms with E-state index in [0.717, 1.165) is 4.90 Å². The number of carbonyl (C=O) groups excluding carboxylic acids is 2. The number of anilines is 1. The zero-order valence-corrected chi connectivity index (χ0v) is 13.8. The van der Waals surface area contributed by atoms with Crippen LogP contribution in [0.4, 0.5) is 11.4 Å². The van der Waals surface area contributed by atoms with E-state index in [2.05, 4.69) is 10.6 Å². The van der Waals surface area contributed by atoms with Crippen LogP contribution < -0.4 is 10.6 Å². The molecular formula is C16H15N3O4S. The van der Waals surface area contributed by atoms with Crippen LogP contribution in [0.2, 0.25) is 0 Å². The first-order valence-electron chi connectivity index (χ1n) is 6.92. The van der Waals surface area contributed by atoms with E-state index in [9.17, 15) is 19.7 Å². The zero-order chi connectivity index (χ0) is 17.7. The number of amides is 2. The molecule has 0 heterocycles. The molecule has 0 aromatic heterocycles. The monoisotopic (exact) mass is 345 g/mol. The van der Waals surface area contributed by atoms with Crippen molar-refractivity contribution in [2.75, 3.05) is 18.6 Å². The highest BCUT2D eigenvalue weighted by Gasteiger charge is 2.21. The molecule has 0 fully saturated rings. The first kappa shape index (κ1) is 17.5. The van der Waals surface area contributed by atoms with E-state index >= 15 is 0 Å². The summed E-state index contributed by atoms with van der Waals surface area (Å²) in [6, 6.07) is 10.7. The fourth-order valence-electron chi connectivity index (χ4n) is 2.06. The van der Waals surface area contributed by atoms with Crippen molar-refractivity contribution in [1.29, 1.82) is 0 Å². The zero-order valence-electron chi connectivity index (χ0n) is 13.0. The highest BCUT2D eigenvalue weighted by atomic mass is 32.2. The molecular weight excluding hydrogens is 330 g/mol. The third-order valence-electron chi connectivity index (χ3n) is 3.25. The number of hydrogen-bond acceptors (Lipinski definition) is 5. The topological polar surface area (TPSA) is 101 Å². The molecule has 0 aliphatic carbocycles. The number of carbonyl (C=O) groups is 2. The summed E-state index contributed by atoms with van der Waals surface area (Å²) in [4.78, 5) is 35.3. The lowest BCUT2D eigenvalue weighted by molar-refractivity contribution is -0.385. The van der Waals surface area contributed by atoms with Crippen molar-refractivity contribution >= 4 is 35.0 Å². The predicted octanol–water partition coefficient (Wildman–Crippen LogP) is 2.93. The lowest BCUT2D eigenvalue weighted by Gasteiger charge is -2.08. The van der Waals surface area contributed by atoms with Crippen LogP contribution in [0.1, 0.15) is 20.7 Å². The van der Waals surface area contributed by atoms with Crippen molar-refractivity contribution in [3.05, 3.63) is 63.7 Å². The minimum atomic E-state index is -0.605. The maximum absolute atomic E-state index is 12.4. The summed E-state index contributed by atoms with van der Waals surface area (Å²) in [6.07, 6.45) is 1.82. The summed E-state index contributed by atoms with van der Waals surface area (Å²) < 4.78 is 0. The van der Waals surface area contributed by atoms with Crippen LogP contribution in [0.5, 0.6) is 0 Å². The van der Waals surface area contributed by atoms with Gasteiger partial charge in [-0.25, -0.2) is 0 Å². The van der Waals surface area contributed by atoms with Crippen LogP contribution in [0.3, 0.4) is 0 Å². The Bertz CT molecular complexity index is 808. The fourth-order valence-corrected chi connectivity index (χ4v) is 2.50. The molecule has 2 amide bonds. The van der Waals surface area contributed by atoms with Gasteiger partial charge in [-0.1, -0.05) is 6.07 Å². The van der Waals surface area contributed by atoms with Gasteiger partial charge in [0.1, 0.15) is 5.56 Å². The molecule has 7 nitrogen and oxygen atoms in total. The molecule has 2 aromatic carbocycles. The average Bonchev–Trinajstić information content (AvgIpc) is 2.60. The van der Waals surface area contributed by atoms with E-state index in [1.807, 2.05) is 6.26 Å². The molecule has 0 spiro atoms. The maximum Gasteiger partial charge on any atom is 0.282 e. The van der Waals surface area contributed by atoms with E-state index < -0.39 is 10.8 Å². The van der Waals surface area contributed by atoms with Crippen molar-refractivity contribution < 1.29 is 14.5 Å². The van der Waals surface area contributed by atoms with Crippen molar-refractivity contribution in [3.8, 4) is 0 Å². The summed E-state index contributed by atoms with van der Waals surface area (Å²) in [6.45, 7) is 0. The Labute approximate surface area is 142 Å². The first-order valence-corrected chi connectivity index (χ1v) is 8.14. The van der Waals surface area contributed by atoms with E-state index in [1.54, 1.807) is 24.3 Å². The number of rotatable bonds is 5. The van der Waals surface area contributed by atoms with Gasteiger partial charge in [0, 0.05) is 29.3 Å². The highest BCUT2D eigenvalue weighted by Crippen LogP contribution is 2.25. The third-order valence-corrected chi connectivity index (χ3v) is 3.98. The van der Waals surface area contributed by atoms with Crippen molar-refractivity contribution in [2.45, 2.75) is 4.90 Å². The van der Waals surface area contributed by atoms with Gasteiger partial charge >= 0.3 is 0 Å². The van der Waals surface area contributed by atoms with Crippen molar-refractivity contribution in [2.24, 2.45) is 0 Å². The molecule has 0 radical (unpaired) electrons. The molecule has 8 heteroatoms. The molecule has 0 bridgehead atoms. The van der Waals surface area contributed by atoms with Gasteiger partial charge in [0.25, 0.3) is 17.5 Å². The molecule has 2 aromatic rings. The molecule has 0 aliphatic heterocycles. The number of nitro benzene ring substituents is 1. The molecule has 0 saturated carbocycles. The standard InChI is InChI=1S/C16H15N3O4S/c1-17-15(20)10-4-3-5-11(8-10)18-16(21)13-9-12(24-2)6-7-14(13)19(22)23/h3-9H,1-2H3,(H,17,20)(H,18,21). The smallest absolute Gasteiger partial charge is 0.282 e. The molecule has 0 aliphatic rings. The Morgan fingerprint density at radius 1 is 1.12 bits per heavy atom. The normalized spacial score (nSPS) is 10.1. The second-order valence-electron chi connectivity index (χ2n) is 4.75. The van der Waals surface area contributed by atoms with Gasteiger partial charge in [0.05, 0.1) is 4.92 Å². The molecule has 0 atom stereocenters. The Morgan fingerprint density at radius 2 is 1.88 bits per heavy atom. The number of hydrogen-bond donors (Lipinski definition) is 2. The summed E-state index contributed by atoms with van der Waals surface area (Å²) in [7, 11) is 1.50. The minimum Gasteiger partial charge on any atom is -0.355 e. The van der Waals surface area contributed by atoms with Gasteiger partial charge in [0.15, 0.2) is 0 Å². The third kappa shape index (κ3) is 3.90. The average molecular weight is 345 g/mol. The maximum atomic E-state index is 12.4. The molecule has 2 N–H and O–H groups in total. The Hall–Kier alpha value is -2.87. The predicted molar refractivity (Wildman–Crippen MR) is 92.7 cm³/mol. The van der Waals surface area contributed by atoms with E-state index in [0.29, 0.717) is 11.3 Å². The number of benzene rings is 2. The quantitative estimate of drug-likeness (QED) is 0.493. The van der Waals surface area contributed by atoms with Crippen LogP contribution in [-0.2, 0) is 0 Å². The van der Waals surface area contributed by atoms with Gasteiger partial charge in [-0.05, 0) is 36.6 Å². The van der Waals surface area contributed by atoms with E-state index in [4.69, 9.17) is 0 Å². The van der Waals surface area contributed by atoms with Crippen LogP contribution in [0.25, 0.3) is 0 Å². The summed E-state index contributed by atoms with van der Waals surface area (Å²) in [5, 5.41) is 16.2. The Balaban J connectivity index is 2.33. The lowest BCUT2D eigenvalue weighted by Crippen LogP contribution is -2.18. The number of nitrogens with one attached hydrogen (secondary N) is 2. The SMILES string of the molecule is CNC(=O)c1cccc(NC(=O)c2cc(SC)ccc2[N+](=O)[O-])c1. The summed E-state index contributed by atoms with van der Waals surface area (Å²) >= 11 is 1.38. The number of nitrogens with zero attached hydrogens (tertiary/aromatic N) is 1. The molecule has 124 valence electrons. The molecule has 24 heavy (non-hydrogen) atoms. The van der Waals surface area contributed by atoms with Crippen LogP contribution in [0.15, 0.2) is 47.4 Å². The van der Waals surface area contributed by atoms with Gasteiger partial charge in [0.2, 0.25) is 0 Å². The number of nitro groups is 1. The fraction of sp³-hybridized carbons (Fsp3) is 0.125. The number of thioether (sulfide) groups is 1. The van der Waals surface area contributed by atoms with E-state index in [1.165, 1.54) is 37.0 Å². The van der Waals surface area contributed by atoms with Crippen molar-refractivity contribution in [3.63, 3.8) is 0 Å². The molecule has 0 saturated heterocycles. The largest absolute Gasteiger partial charge is 0.355 e. The van der Waals surface area contributed by atoms with Gasteiger partial charge in [-0.2, -0.15) is 0 Å². The van der Waals surface area contributed by atoms with Crippen LogP contribution in [-0.4, -0.2) is 30.0 Å². The highest BCUT2D eigenvalue weighted by molar-refractivity contribution is 7.98. The van der Waals surface area contributed by atoms with Gasteiger partial charge in [-0.3, -0.25) is 19.7 Å². The van der Waals surface area contributed by atoms with E-state index in [-0.39, 0.29) is 17.2 Å². The second kappa shape index (κ2) is 7.60. The molecule has 0 unspecified atom stereocenters. The molecule has 2 rings (SSSR count). The minimum absolute atomic E-state index is 0.0304. The van der Waals surface area contributed by atoms with Crippen molar-refractivity contribution in [1.82, 2.24) is 5.32 Å². The Kier molecular flexibility index (Phi) is 5.54. The van der Waals surface area contributed by atoms with Gasteiger partial charge < -0.3 is 10.6 Å². The lowest BCUT2D eigenvalue weighted by atomic mass is 10.1. The van der Waals surface area contributed by atoms with Gasteiger partial charge in [-0.15, -0.1) is 11.8 Å². The van der Waals surface area contributed by atoms with Crippen LogP contribution in [0, 0.1) is 10.1 Å². The van der Waals surface area contributed by atoms with Crippen LogP contribution >= 0.6 is 11.8 Å².